The van der Waals surface area contributed by atoms with E-state index in [2.05, 4.69) is 10.3 Å². The smallest absolute Gasteiger partial charge is 0.352 e. The van der Waals surface area contributed by atoms with Gasteiger partial charge < -0.3 is 15.1 Å². The summed E-state index contributed by atoms with van der Waals surface area (Å²) in [5, 5.41) is 2.56. The molecule has 1 aliphatic rings. The highest BCUT2D eigenvalue weighted by molar-refractivity contribution is 6.32. The number of anilines is 2. The summed E-state index contributed by atoms with van der Waals surface area (Å²) < 4.78 is 77.7. The number of nitrogens with one attached hydrogen (secondary N) is 1. The lowest BCUT2D eigenvalue weighted by Gasteiger charge is -2.35. The molecule has 3 rings (SSSR count). The lowest BCUT2D eigenvalue weighted by Crippen LogP contribution is -2.50. The van der Waals surface area contributed by atoms with Gasteiger partial charge in [0.05, 0.1) is 16.1 Å². The fourth-order valence-electron chi connectivity index (χ4n) is 2.96. The normalized spacial score (nSPS) is 15.3. The fourth-order valence-corrected chi connectivity index (χ4v) is 3.20. The predicted octanol–water partition coefficient (Wildman–Crippen LogP) is 5.13. The number of carbonyl (C=O) groups is 1. The molecule has 12 heteroatoms. The van der Waals surface area contributed by atoms with Crippen molar-refractivity contribution in [2.75, 3.05) is 36.4 Å². The topological polar surface area (TPSA) is 48.5 Å². The molecular weight excluding hydrogens is 438 g/mol. The highest BCUT2D eigenvalue weighted by atomic mass is 35.5. The molecule has 1 aromatic carbocycles. The van der Waals surface area contributed by atoms with Crippen molar-refractivity contribution in [2.24, 2.45) is 0 Å². The molecule has 1 N–H and O–H groups in total. The number of halogens is 7. The number of rotatable bonds is 2. The molecule has 2 aromatic rings. The number of nitrogens with zero attached hydrogens (tertiary/aromatic N) is 3. The molecule has 162 valence electrons. The van der Waals surface area contributed by atoms with E-state index in [0.717, 1.165) is 0 Å². The van der Waals surface area contributed by atoms with Gasteiger partial charge in [-0.15, -0.1) is 0 Å². The van der Waals surface area contributed by atoms with Gasteiger partial charge in [0, 0.05) is 38.1 Å². The third-order valence-corrected chi connectivity index (χ3v) is 4.74. The monoisotopic (exact) mass is 452 g/mol. The van der Waals surface area contributed by atoms with E-state index in [0.29, 0.717) is 36.1 Å². The van der Waals surface area contributed by atoms with Crippen LogP contribution in [0.2, 0.25) is 5.02 Å². The van der Waals surface area contributed by atoms with Gasteiger partial charge in [0.15, 0.2) is 0 Å². The first-order valence-corrected chi connectivity index (χ1v) is 9.04. The minimum absolute atomic E-state index is 0.00499. The molecule has 0 spiro atoms. The Hall–Kier alpha value is -2.69. The second kappa shape index (κ2) is 8.21. The number of pyridine rings is 1. The number of piperazine rings is 1. The molecule has 1 fully saturated rings. The maximum Gasteiger partial charge on any atom is 0.416 e. The summed E-state index contributed by atoms with van der Waals surface area (Å²) in [5.74, 6) is 0.534. The molecule has 5 nitrogen and oxygen atoms in total. The lowest BCUT2D eigenvalue weighted by molar-refractivity contribution is -0.143. The molecule has 0 saturated carbocycles. The quantitative estimate of drug-likeness (QED) is 0.643. The second-order valence-electron chi connectivity index (χ2n) is 6.51. The van der Waals surface area contributed by atoms with E-state index in [1.165, 1.54) is 4.90 Å². The SMILES string of the molecule is O=C(Nc1cc(C(F)(F)F)cc(C(F)(F)F)c1)N1CCN(c2ncccc2Cl)CC1. The molecule has 0 atom stereocenters. The molecule has 0 bridgehead atoms. The first kappa shape index (κ1) is 22.0. The molecule has 2 heterocycles. The van der Waals surface area contributed by atoms with Gasteiger partial charge in [-0.25, -0.2) is 9.78 Å². The molecule has 2 amide bonds. The molecule has 0 aliphatic carbocycles. The van der Waals surface area contributed by atoms with E-state index in [-0.39, 0.29) is 19.2 Å². The number of carbonyl (C=O) groups excluding carboxylic acids is 1. The molecule has 0 unspecified atom stereocenters. The summed E-state index contributed by atoms with van der Waals surface area (Å²) >= 11 is 6.09. The Balaban J connectivity index is 1.71. The number of alkyl halides is 6. The van der Waals surface area contributed by atoms with Gasteiger partial charge >= 0.3 is 18.4 Å². The number of amides is 2. The fraction of sp³-hybridized carbons (Fsp3) is 0.333. The predicted molar refractivity (Wildman–Crippen MR) is 98.5 cm³/mol. The Bertz CT molecular complexity index is 893. The van der Waals surface area contributed by atoms with Crippen LogP contribution in [0.5, 0.6) is 0 Å². The summed E-state index contributed by atoms with van der Waals surface area (Å²) in [7, 11) is 0. The third kappa shape index (κ3) is 5.07. The summed E-state index contributed by atoms with van der Waals surface area (Å²) in [6.45, 7) is 1.06. The summed E-state index contributed by atoms with van der Waals surface area (Å²) in [4.78, 5) is 19.7. The van der Waals surface area contributed by atoms with Gasteiger partial charge in [-0.1, -0.05) is 11.6 Å². The summed E-state index contributed by atoms with van der Waals surface area (Å²) in [6.07, 6.45) is -8.42. The van der Waals surface area contributed by atoms with Crippen LogP contribution in [0.15, 0.2) is 36.5 Å². The van der Waals surface area contributed by atoms with Gasteiger partial charge in [-0.3, -0.25) is 0 Å². The van der Waals surface area contributed by atoms with Gasteiger partial charge in [-0.2, -0.15) is 26.3 Å². The van der Waals surface area contributed by atoms with Crippen LogP contribution < -0.4 is 10.2 Å². The zero-order valence-electron chi connectivity index (χ0n) is 15.2. The first-order chi connectivity index (χ1) is 13.9. The molecular formula is C18H15ClF6N4O. The number of benzene rings is 1. The van der Waals surface area contributed by atoms with Crippen LogP contribution in [0.3, 0.4) is 0 Å². The Kier molecular flexibility index (Phi) is 6.02. The number of aromatic nitrogens is 1. The highest BCUT2D eigenvalue weighted by Gasteiger charge is 2.37. The van der Waals surface area contributed by atoms with E-state index >= 15 is 0 Å². The van der Waals surface area contributed by atoms with Crippen molar-refractivity contribution in [3.8, 4) is 0 Å². The third-order valence-electron chi connectivity index (χ3n) is 4.44. The van der Waals surface area contributed by atoms with E-state index in [1.54, 1.807) is 18.3 Å². The van der Waals surface area contributed by atoms with Gasteiger partial charge in [0.25, 0.3) is 0 Å². The maximum absolute atomic E-state index is 13.0. The highest BCUT2D eigenvalue weighted by Crippen LogP contribution is 2.37. The van der Waals surface area contributed by atoms with Crippen LogP contribution in [0.4, 0.5) is 42.6 Å². The van der Waals surface area contributed by atoms with Crippen LogP contribution in [0.25, 0.3) is 0 Å². The van der Waals surface area contributed by atoms with Gasteiger partial charge in [0.1, 0.15) is 5.82 Å². The van der Waals surface area contributed by atoms with E-state index in [9.17, 15) is 31.1 Å². The van der Waals surface area contributed by atoms with Crippen molar-refractivity contribution in [1.82, 2.24) is 9.88 Å². The van der Waals surface area contributed by atoms with Crippen LogP contribution in [0.1, 0.15) is 11.1 Å². The molecule has 30 heavy (non-hydrogen) atoms. The summed E-state index contributed by atoms with van der Waals surface area (Å²) in [5.41, 5.74) is -3.58. The first-order valence-electron chi connectivity index (χ1n) is 8.66. The Morgan fingerprint density at radius 1 is 0.967 bits per heavy atom. The molecule has 1 saturated heterocycles. The molecule has 0 radical (unpaired) electrons. The van der Waals surface area contributed by atoms with Gasteiger partial charge in [0.2, 0.25) is 0 Å². The van der Waals surface area contributed by atoms with Crippen molar-refractivity contribution >= 4 is 29.1 Å². The summed E-state index contributed by atoms with van der Waals surface area (Å²) in [6, 6.07) is 3.47. The largest absolute Gasteiger partial charge is 0.416 e. The van der Waals surface area contributed by atoms with Crippen LogP contribution in [-0.2, 0) is 12.4 Å². The van der Waals surface area contributed by atoms with E-state index in [4.69, 9.17) is 11.6 Å². The minimum atomic E-state index is -4.99. The molecule has 1 aliphatic heterocycles. The molecule has 1 aromatic heterocycles. The van der Waals surface area contributed by atoms with E-state index < -0.39 is 35.2 Å². The second-order valence-corrected chi connectivity index (χ2v) is 6.91. The average Bonchev–Trinajstić information content (AvgIpc) is 2.67. The zero-order valence-corrected chi connectivity index (χ0v) is 15.9. The number of hydrogen-bond donors (Lipinski definition) is 1. The van der Waals surface area contributed by atoms with Crippen molar-refractivity contribution in [1.29, 1.82) is 0 Å². The maximum atomic E-state index is 13.0. The van der Waals surface area contributed by atoms with Crippen LogP contribution in [0, 0.1) is 0 Å². The lowest BCUT2D eigenvalue weighted by atomic mass is 10.1. The Morgan fingerprint density at radius 2 is 1.53 bits per heavy atom. The Labute approximate surface area is 172 Å². The van der Waals surface area contributed by atoms with Gasteiger partial charge in [-0.05, 0) is 30.3 Å². The number of hydrogen-bond acceptors (Lipinski definition) is 3. The van der Waals surface area contributed by atoms with E-state index in [1.807, 2.05) is 4.90 Å². The number of urea groups is 1. The zero-order chi connectivity index (χ0) is 22.1. The van der Waals surface area contributed by atoms with Crippen LogP contribution in [-0.4, -0.2) is 42.1 Å². The Morgan fingerprint density at radius 3 is 2.03 bits per heavy atom. The average molecular weight is 453 g/mol. The van der Waals surface area contributed by atoms with Crippen molar-refractivity contribution in [3.05, 3.63) is 52.7 Å². The van der Waals surface area contributed by atoms with Crippen molar-refractivity contribution < 1.29 is 31.1 Å². The van der Waals surface area contributed by atoms with Crippen molar-refractivity contribution in [3.63, 3.8) is 0 Å². The standard InChI is InChI=1S/C18H15ClF6N4O/c19-14-2-1-3-26-15(14)28-4-6-29(7-5-28)16(30)27-13-9-11(17(20,21)22)8-12(10-13)18(23,24)25/h1-3,8-10H,4-7H2,(H,27,30). The van der Waals surface area contributed by atoms with Crippen molar-refractivity contribution in [2.45, 2.75) is 12.4 Å². The minimum Gasteiger partial charge on any atom is -0.352 e. The van der Waals surface area contributed by atoms with Crippen LogP contribution >= 0.6 is 11.6 Å².